The fourth-order valence-corrected chi connectivity index (χ4v) is 5.23. The first-order valence-electron chi connectivity index (χ1n) is 11.8. The predicted molar refractivity (Wildman–Crippen MR) is 128 cm³/mol. The summed E-state index contributed by atoms with van der Waals surface area (Å²) in [6, 6.07) is 14.4. The Kier molecular flexibility index (Phi) is 6.39. The summed E-state index contributed by atoms with van der Waals surface area (Å²) in [6.07, 6.45) is -0.0261. The first-order chi connectivity index (χ1) is 16.2. The Bertz CT molecular complexity index is 1070. The van der Waals surface area contributed by atoms with Crippen molar-refractivity contribution >= 4 is 18.0 Å². The third-order valence-corrected chi connectivity index (χ3v) is 7.24. The molecule has 0 radical (unpaired) electrons. The van der Waals surface area contributed by atoms with Gasteiger partial charge in [-0.25, -0.2) is 9.59 Å². The number of carbonyl (C=O) groups excluding carboxylic acids is 2. The number of hydrogen-bond donors (Lipinski definition) is 2. The van der Waals surface area contributed by atoms with E-state index in [1.165, 1.54) is 4.90 Å². The molecule has 0 bridgehead atoms. The average Bonchev–Trinajstić information content (AvgIpc) is 3.12. The maximum Gasteiger partial charge on any atom is 0.407 e. The van der Waals surface area contributed by atoms with Crippen molar-refractivity contribution < 1.29 is 24.2 Å². The van der Waals surface area contributed by atoms with Crippen LogP contribution in [0.3, 0.4) is 0 Å². The molecule has 7 nitrogen and oxygen atoms in total. The number of likely N-dealkylation sites (tertiary alicyclic amines) is 1. The number of rotatable bonds is 7. The zero-order chi connectivity index (χ0) is 24.6. The van der Waals surface area contributed by atoms with Crippen molar-refractivity contribution in [2.24, 2.45) is 11.3 Å². The van der Waals surface area contributed by atoms with Gasteiger partial charge < -0.3 is 20.1 Å². The molecule has 0 aromatic heterocycles. The summed E-state index contributed by atoms with van der Waals surface area (Å²) in [7, 11) is 0. The first kappa shape index (κ1) is 23.8. The summed E-state index contributed by atoms with van der Waals surface area (Å²) in [5, 5.41) is 12.3. The van der Waals surface area contributed by atoms with Crippen LogP contribution in [0.1, 0.15) is 51.2 Å². The zero-order valence-electron chi connectivity index (χ0n) is 20.1. The molecule has 2 amide bonds. The smallest absolute Gasteiger partial charge is 0.407 e. The van der Waals surface area contributed by atoms with Crippen molar-refractivity contribution in [3.63, 3.8) is 0 Å². The molecule has 2 aromatic rings. The lowest BCUT2D eigenvalue weighted by atomic mass is 9.74. The first-order valence-corrected chi connectivity index (χ1v) is 11.8. The van der Waals surface area contributed by atoms with Gasteiger partial charge in [0.2, 0.25) is 5.91 Å². The van der Waals surface area contributed by atoms with Gasteiger partial charge in [0.15, 0.2) is 0 Å². The highest BCUT2D eigenvalue weighted by Crippen LogP contribution is 2.44. The second kappa shape index (κ2) is 9.12. The van der Waals surface area contributed by atoms with Gasteiger partial charge in [0.25, 0.3) is 0 Å². The third-order valence-electron chi connectivity index (χ3n) is 7.24. The lowest BCUT2D eigenvalue weighted by Crippen LogP contribution is -2.70. The van der Waals surface area contributed by atoms with Crippen LogP contribution in [0.2, 0.25) is 0 Å². The lowest BCUT2D eigenvalue weighted by molar-refractivity contribution is -0.173. The Balaban J connectivity index is 1.46. The molecule has 0 spiro atoms. The Morgan fingerprint density at radius 2 is 1.65 bits per heavy atom. The van der Waals surface area contributed by atoms with E-state index in [4.69, 9.17) is 4.74 Å². The van der Waals surface area contributed by atoms with Gasteiger partial charge >= 0.3 is 12.1 Å². The molecule has 4 rings (SSSR count). The summed E-state index contributed by atoms with van der Waals surface area (Å²) < 4.78 is 5.62. The maximum absolute atomic E-state index is 13.2. The van der Waals surface area contributed by atoms with Crippen molar-refractivity contribution in [2.75, 3.05) is 13.2 Å². The molecule has 34 heavy (non-hydrogen) atoms. The summed E-state index contributed by atoms with van der Waals surface area (Å²) in [5.41, 5.74) is 3.99. The van der Waals surface area contributed by atoms with Crippen LogP contribution in [0, 0.1) is 11.3 Å². The number of carboxylic acid groups (broad SMARTS) is 1. The minimum absolute atomic E-state index is 0.0801. The van der Waals surface area contributed by atoms with E-state index >= 15 is 0 Å². The van der Waals surface area contributed by atoms with Crippen LogP contribution >= 0.6 is 0 Å². The maximum atomic E-state index is 13.2. The fraction of sp³-hybridized carbons (Fsp3) is 0.444. The molecular weight excluding hydrogens is 432 g/mol. The Morgan fingerprint density at radius 3 is 2.15 bits per heavy atom. The van der Waals surface area contributed by atoms with Crippen LogP contribution in [-0.2, 0) is 14.3 Å². The van der Waals surface area contributed by atoms with Crippen molar-refractivity contribution in [1.29, 1.82) is 0 Å². The normalized spacial score (nSPS) is 19.9. The topological polar surface area (TPSA) is 95.9 Å². The minimum Gasteiger partial charge on any atom is -0.480 e. The van der Waals surface area contributed by atoms with Crippen LogP contribution in [0.4, 0.5) is 4.79 Å². The quantitative estimate of drug-likeness (QED) is 0.638. The van der Waals surface area contributed by atoms with Gasteiger partial charge in [-0.05, 0) is 28.2 Å². The van der Waals surface area contributed by atoms with E-state index in [2.05, 4.69) is 17.4 Å². The van der Waals surface area contributed by atoms with E-state index in [-0.39, 0.29) is 24.3 Å². The largest absolute Gasteiger partial charge is 0.480 e. The molecular formula is C27H32N2O5. The average molecular weight is 465 g/mol. The number of nitrogens with one attached hydrogen (secondary N) is 1. The summed E-state index contributed by atoms with van der Waals surface area (Å²) in [4.78, 5) is 39.1. The number of carbonyl (C=O) groups is 3. The van der Waals surface area contributed by atoms with Crippen LogP contribution in [0.15, 0.2) is 48.5 Å². The van der Waals surface area contributed by atoms with E-state index in [0.717, 1.165) is 22.3 Å². The summed E-state index contributed by atoms with van der Waals surface area (Å²) in [6.45, 7) is 7.93. The van der Waals surface area contributed by atoms with E-state index in [9.17, 15) is 19.5 Å². The van der Waals surface area contributed by atoms with Crippen molar-refractivity contribution in [1.82, 2.24) is 10.2 Å². The predicted octanol–water partition coefficient (Wildman–Crippen LogP) is 4.26. The molecule has 180 valence electrons. The molecule has 0 saturated carbocycles. The van der Waals surface area contributed by atoms with E-state index in [1.54, 1.807) is 0 Å². The van der Waals surface area contributed by atoms with Crippen molar-refractivity contribution in [3.8, 4) is 11.1 Å². The molecule has 2 aromatic carbocycles. The van der Waals surface area contributed by atoms with Crippen LogP contribution in [0.5, 0.6) is 0 Å². The standard InChI is InChI=1S/C27H32N2O5/c1-5-16(2)22(24(30)29-15-27(3,4)23(29)25(31)32)28-26(33)34-14-21-19-12-8-6-10-17(19)18-11-7-9-13-20(18)21/h6-13,16,21-23H,5,14-15H2,1-4H3,(H,28,33)(H,31,32)/t16-,22-,23?/m0/s1. The highest BCUT2D eigenvalue weighted by atomic mass is 16.5. The van der Waals surface area contributed by atoms with Gasteiger partial charge in [-0.15, -0.1) is 0 Å². The highest BCUT2D eigenvalue weighted by Gasteiger charge is 2.54. The lowest BCUT2D eigenvalue weighted by Gasteiger charge is -2.52. The molecule has 3 atom stereocenters. The SMILES string of the molecule is CC[C@H](C)[C@H](NC(=O)OCC1c2ccccc2-c2ccccc21)C(=O)N1CC(C)(C)C1C(=O)O. The van der Waals surface area contributed by atoms with Gasteiger partial charge in [0.05, 0.1) is 0 Å². The number of nitrogens with zero attached hydrogens (tertiary/aromatic N) is 1. The number of fused-ring (bicyclic) bond motifs is 3. The number of aliphatic carboxylic acids is 1. The number of ether oxygens (including phenoxy) is 1. The molecule has 1 fully saturated rings. The molecule has 7 heteroatoms. The number of alkyl carbamates (subject to hydrolysis) is 1. The monoisotopic (exact) mass is 464 g/mol. The number of carboxylic acids is 1. The molecule has 1 heterocycles. The Hall–Kier alpha value is -3.35. The third kappa shape index (κ3) is 4.15. The summed E-state index contributed by atoms with van der Waals surface area (Å²) in [5.74, 6) is -1.67. The number of hydrogen-bond acceptors (Lipinski definition) is 4. The van der Waals surface area contributed by atoms with Crippen LogP contribution < -0.4 is 5.32 Å². The Morgan fingerprint density at radius 1 is 1.09 bits per heavy atom. The highest BCUT2D eigenvalue weighted by molar-refractivity contribution is 5.91. The zero-order valence-corrected chi connectivity index (χ0v) is 20.1. The summed E-state index contributed by atoms with van der Waals surface area (Å²) >= 11 is 0. The van der Waals surface area contributed by atoms with E-state index in [0.29, 0.717) is 13.0 Å². The fourth-order valence-electron chi connectivity index (χ4n) is 5.23. The van der Waals surface area contributed by atoms with Crippen LogP contribution in [-0.4, -0.2) is 53.2 Å². The molecule has 2 aliphatic rings. The van der Waals surface area contributed by atoms with Gasteiger partial charge in [-0.3, -0.25) is 4.79 Å². The van der Waals surface area contributed by atoms with Crippen molar-refractivity contribution in [3.05, 3.63) is 59.7 Å². The van der Waals surface area contributed by atoms with E-state index < -0.39 is 29.6 Å². The van der Waals surface area contributed by atoms with Crippen LogP contribution in [0.25, 0.3) is 11.1 Å². The molecule has 2 N–H and O–H groups in total. The van der Waals surface area contributed by atoms with Gasteiger partial charge in [-0.2, -0.15) is 0 Å². The van der Waals surface area contributed by atoms with Gasteiger partial charge in [0, 0.05) is 17.9 Å². The minimum atomic E-state index is -1.03. The van der Waals surface area contributed by atoms with E-state index in [1.807, 2.05) is 64.1 Å². The van der Waals surface area contributed by atoms with Crippen molar-refractivity contribution in [2.45, 2.75) is 52.1 Å². The Labute approximate surface area is 200 Å². The second-order valence-electron chi connectivity index (χ2n) is 10.0. The molecule has 1 aliphatic heterocycles. The second-order valence-corrected chi connectivity index (χ2v) is 10.0. The number of amides is 2. The van der Waals surface area contributed by atoms with Gasteiger partial charge in [-0.1, -0.05) is 82.6 Å². The molecule has 1 aliphatic carbocycles. The molecule has 1 saturated heterocycles. The molecule has 1 unspecified atom stereocenters. The van der Waals surface area contributed by atoms with Gasteiger partial charge in [0.1, 0.15) is 18.7 Å². The number of benzene rings is 2.